The normalized spacial score (nSPS) is 18.6. The second-order valence-electron chi connectivity index (χ2n) is 4.66. The summed E-state index contributed by atoms with van der Waals surface area (Å²) in [5.41, 5.74) is 0. The minimum Gasteiger partial charge on any atom is -0.355 e. The maximum Gasteiger partial charge on any atom is 0.216 e. The highest BCUT2D eigenvalue weighted by Crippen LogP contribution is 2.19. The minimum absolute atomic E-state index is 0.0731. The lowest BCUT2D eigenvalue weighted by Gasteiger charge is -2.31. The molecular formula is C12H25N3O. The molecule has 1 rings (SSSR count). The molecule has 0 aromatic heterocycles. The summed E-state index contributed by atoms with van der Waals surface area (Å²) in [6.07, 6.45) is 3.92. The molecule has 16 heavy (non-hydrogen) atoms. The van der Waals surface area contributed by atoms with Crippen LogP contribution in [0.5, 0.6) is 0 Å². The van der Waals surface area contributed by atoms with Gasteiger partial charge in [-0.3, -0.25) is 4.79 Å². The highest BCUT2D eigenvalue weighted by molar-refractivity contribution is 5.72. The summed E-state index contributed by atoms with van der Waals surface area (Å²) in [5, 5.41) is 6.06. The highest BCUT2D eigenvalue weighted by Gasteiger charge is 2.18. The standard InChI is InChI=1S/C12H25N3O/c1-11(16)14-7-10-15-8-4-12(5-9-15)3-6-13-2/h12-13H,3-10H2,1-2H3,(H,14,16). The third-order valence-electron chi connectivity index (χ3n) is 3.31. The zero-order chi connectivity index (χ0) is 11.8. The third-order valence-corrected chi connectivity index (χ3v) is 3.31. The largest absolute Gasteiger partial charge is 0.355 e. The smallest absolute Gasteiger partial charge is 0.216 e. The molecule has 1 amide bonds. The van der Waals surface area contributed by atoms with Gasteiger partial charge in [0.15, 0.2) is 0 Å². The Morgan fingerprint density at radius 1 is 1.31 bits per heavy atom. The topological polar surface area (TPSA) is 44.4 Å². The number of piperidine rings is 1. The van der Waals surface area contributed by atoms with Crippen LogP contribution in [0.25, 0.3) is 0 Å². The number of carbonyl (C=O) groups is 1. The van der Waals surface area contributed by atoms with E-state index in [0.29, 0.717) is 0 Å². The van der Waals surface area contributed by atoms with Gasteiger partial charge in [-0.15, -0.1) is 0 Å². The fraction of sp³-hybridized carbons (Fsp3) is 0.917. The SMILES string of the molecule is CNCCC1CCN(CCNC(C)=O)CC1. The summed E-state index contributed by atoms with van der Waals surface area (Å²) in [6.45, 7) is 6.87. The van der Waals surface area contributed by atoms with Crippen LogP contribution < -0.4 is 10.6 Å². The van der Waals surface area contributed by atoms with Crippen molar-refractivity contribution in [1.82, 2.24) is 15.5 Å². The van der Waals surface area contributed by atoms with Gasteiger partial charge in [0.25, 0.3) is 0 Å². The van der Waals surface area contributed by atoms with E-state index < -0.39 is 0 Å². The van der Waals surface area contributed by atoms with Crippen LogP contribution in [0.4, 0.5) is 0 Å². The molecule has 1 fully saturated rings. The Morgan fingerprint density at radius 2 is 2.00 bits per heavy atom. The molecule has 1 aliphatic rings. The van der Waals surface area contributed by atoms with Gasteiger partial charge >= 0.3 is 0 Å². The molecular weight excluding hydrogens is 202 g/mol. The molecule has 4 heteroatoms. The molecule has 0 aromatic rings. The van der Waals surface area contributed by atoms with Crippen molar-refractivity contribution < 1.29 is 4.79 Å². The van der Waals surface area contributed by atoms with Crippen LogP contribution in [0.15, 0.2) is 0 Å². The van der Waals surface area contributed by atoms with Crippen LogP contribution in [-0.2, 0) is 4.79 Å². The van der Waals surface area contributed by atoms with Crippen LogP contribution in [0, 0.1) is 5.92 Å². The summed E-state index contributed by atoms with van der Waals surface area (Å²) < 4.78 is 0. The molecule has 0 bridgehead atoms. The lowest BCUT2D eigenvalue weighted by atomic mass is 9.93. The monoisotopic (exact) mass is 227 g/mol. The Labute approximate surface area is 98.8 Å². The van der Waals surface area contributed by atoms with Gasteiger partial charge in [0.2, 0.25) is 5.91 Å². The van der Waals surface area contributed by atoms with Gasteiger partial charge in [-0.05, 0) is 51.9 Å². The van der Waals surface area contributed by atoms with Crippen molar-refractivity contribution in [3.05, 3.63) is 0 Å². The van der Waals surface area contributed by atoms with Gasteiger partial charge in [-0.2, -0.15) is 0 Å². The zero-order valence-corrected chi connectivity index (χ0v) is 10.6. The van der Waals surface area contributed by atoms with E-state index in [1.165, 1.54) is 32.4 Å². The lowest BCUT2D eigenvalue weighted by Crippen LogP contribution is -2.39. The molecule has 4 nitrogen and oxygen atoms in total. The highest BCUT2D eigenvalue weighted by atomic mass is 16.1. The molecule has 1 saturated heterocycles. The maximum absolute atomic E-state index is 10.7. The first-order valence-corrected chi connectivity index (χ1v) is 6.33. The van der Waals surface area contributed by atoms with E-state index in [1.54, 1.807) is 6.92 Å². The van der Waals surface area contributed by atoms with Crippen LogP contribution in [0.1, 0.15) is 26.2 Å². The van der Waals surface area contributed by atoms with Crippen LogP contribution in [0.3, 0.4) is 0 Å². The van der Waals surface area contributed by atoms with Gasteiger partial charge in [-0.25, -0.2) is 0 Å². The summed E-state index contributed by atoms with van der Waals surface area (Å²) in [6, 6.07) is 0. The number of likely N-dealkylation sites (tertiary alicyclic amines) is 1. The Balaban J connectivity index is 2.05. The van der Waals surface area contributed by atoms with E-state index in [1.807, 2.05) is 7.05 Å². The first-order chi connectivity index (χ1) is 7.72. The van der Waals surface area contributed by atoms with Gasteiger partial charge in [-0.1, -0.05) is 0 Å². The summed E-state index contributed by atoms with van der Waals surface area (Å²) in [7, 11) is 2.02. The Morgan fingerprint density at radius 3 is 2.56 bits per heavy atom. The van der Waals surface area contributed by atoms with E-state index in [-0.39, 0.29) is 5.91 Å². The molecule has 0 atom stereocenters. The van der Waals surface area contributed by atoms with Gasteiger partial charge in [0.05, 0.1) is 0 Å². The van der Waals surface area contributed by atoms with Crippen molar-refractivity contribution in [2.45, 2.75) is 26.2 Å². The van der Waals surface area contributed by atoms with Gasteiger partial charge < -0.3 is 15.5 Å². The molecule has 1 aliphatic heterocycles. The van der Waals surface area contributed by atoms with Gasteiger partial charge in [0, 0.05) is 20.0 Å². The molecule has 0 saturated carbocycles. The third kappa shape index (κ3) is 5.47. The Kier molecular flexibility index (Phi) is 6.42. The summed E-state index contributed by atoms with van der Waals surface area (Å²) in [4.78, 5) is 13.2. The fourth-order valence-corrected chi connectivity index (χ4v) is 2.24. The van der Waals surface area contributed by atoms with Crippen LogP contribution in [-0.4, -0.2) is 50.6 Å². The zero-order valence-electron chi connectivity index (χ0n) is 10.6. The number of nitrogens with one attached hydrogen (secondary N) is 2. The van der Waals surface area contributed by atoms with Crippen LogP contribution >= 0.6 is 0 Å². The maximum atomic E-state index is 10.7. The number of carbonyl (C=O) groups excluding carboxylic acids is 1. The first-order valence-electron chi connectivity index (χ1n) is 6.33. The number of amides is 1. The number of hydrogen-bond donors (Lipinski definition) is 2. The summed E-state index contributed by atoms with van der Waals surface area (Å²) >= 11 is 0. The Bertz CT molecular complexity index is 200. The predicted octanol–water partition coefficient (Wildman–Crippen LogP) is 0.444. The Hall–Kier alpha value is -0.610. The number of hydrogen-bond acceptors (Lipinski definition) is 3. The average Bonchev–Trinajstić information content (AvgIpc) is 2.27. The second kappa shape index (κ2) is 7.63. The lowest BCUT2D eigenvalue weighted by molar-refractivity contribution is -0.119. The molecule has 1 heterocycles. The van der Waals surface area contributed by atoms with E-state index in [4.69, 9.17) is 0 Å². The fourth-order valence-electron chi connectivity index (χ4n) is 2.24. The average molecular weight is 227 g/mol. The van der Waals surface area contributed by atoms with Crippen molar-refractivity contribution in [3.8, 4) is 0 Å². The first kappa shape index (κ1) is 13.5. The van der Waals surface area contributed by atoms with E-state index in [0.717, 1.165) is 25.6 Å². The molecule has 0 radical (unpaired) electrons. The van der Waals surface area contributed by atoms with Gasteiger partial charge in [0.1, 0.15) is 0 Å². The number of nitrogens with zero attached hydrogens (tertiary/aromatic N) is 1. The van der Waals surface area contributed by atoms with Crippen molar-refractivity contribution in [3.63, 3.8) is 0 Å². The molecule has 94 valence electrons. The molecule has 0 unspecified atom stereocenters. The number of rotatable bonds is 6. The minimum atomic E-state index is 0.0731. The second-order valence-corrected chi connectivity index (χ2v) is 4.66. The van der Waals surface area contributed by atoms with Crippen LogP contribution in [0.2, 0.25) is 0 Å². The van der Waals surface area contributed by atoms with E-state index in [9.17, 15) is 4.79 Å². The summed E-state index contributed by atoms with van der Waals surface area (Å²) in [5.74, 6) is 0.966. The van der Waals surface area contributed by atoms with Crippen molar-refractivity contribution in [2.75, 3.05) is 39.8 Å². The van der Waals surface area contributed by atoms with Crippen molar-refractivity contribution >= 4 is 5.91 Å². The predicted molar refractivity (Wildman–Crippen MR) is 66.4 cm³/mol. The van der Waals surface area contributed by atoms with Crippen molar-refractivity contribution in [1.29, 1.82) is 0 Å². The molecule has 2 N–H and O–H groups in total. The van der Waals surface area contributed by atoms with E-state index >= 15 is 0 Å². The molecule has 0 aliphatic carbocycles. The van der Waals surface area contributed by atoms with E-state index in [2.05, 4.69) is 15.5 Å². The quantitative estimate of drug-likeness (QED) is 0.692. The van der Waals surface area contributed by atoms with Crippen molar-refractivity contribution in [2.24, 2.45) is 5.92 Å². The molecule has 0 aromatic carbocycles. The molecule has 0 spiro atoms.